The number of carboxylic acid groups (broad SMARTS) is 2. The predicted octanol–water partition coefficient (Wildman–Crippen LogP) is 3.89. The van der Waals surface area contributed by atoms with Gasteiger partial charge in [0.1, 0.15) is 12.1 Å². The van der Waals surface area contributed by atoms with Crippen LogP contribution in [0.25, 0.3) is 10.8 Å². The fraction of sp³-hybridized carbons (Fsp3) is 0.231. The summed E-state index contributed by atoms with van der Waals surface area (Å²) in [5, 5.41) is 19.8. The highest BCUT2D eigenvalue weighted by Crippen LogP contribution is 2.25. The summed E-state index contributed by atoms with van der Waals surface area (Å²) in [5.74, 6) is -6.73. The quantitative estimate of drug-likeness (QED) is 0.296. The number of nitrogens with one attached hydrogen (secondary N) is 1. The van der Waals surface area contributed by atoms with Crippen molar-refractivity contribution in [3.05, 3.63) is 80.7 Å². The molecule has 0 aliphatic heterocycles. The van der Waals surface area contributed by atoms with Gasteiger partial charge in [0.05, 0.1) is 22.0 Å². The lowest BCUT2D eigenvalue weighted by atomic mass is 10.1. The Morgan fingerprint density at radius 2 is 1.55 bits per heavy atom. The lowest BCUT2D eigenvalue weighted by Crippen LogP contribution is -2.47. The number of Topliss-reactive ketones (excluding diaryl/α,β-unsaturated/α-hetero) is 1. The number of pyridine rings is 1. The van der Waals surface area contributed by atoms with E-state index in [0.29, 0.717) is 10.8 Å². The third-order valence-electron chi connectivity index (χ3n) is 5.48. The molecule has 1 amide bonds. The number of carbonyl (C=O) groups is 5. The number of aliphatic carboxylic acids is 2. The van der Waals surface area contributed by atoms with Crippen LogP contribution < -0.4 is 10.9 Å². The molecule has 0 spiro atoms. The van der Waals surface area contributed by atoms with E-state index >= 15 is 0 Å². The first-order chi connectivity index (χ1) is 19.5. The third-order valence-corrected chi connectivity index (χ3v) is 6.11. The van der Waals surface area contributed by atoms with Gasteiger partial charge in [-0.2, -0.15) is 13.2 Å². The maximum Gasteiger partial charge on any atom is 0.490 e. The molecule has 0 saturated heterocycles. The fourth-order valence-corrected chi connectivity index (χ4v) is 3.90. The maximum absolute atomic E-state index is 12.8. The van der Waals surface area contributed by atoms with Crippen molar-refractivity contribution in [3.63, 3.8) is 0 Å². The smallest absolute Gasteiger partial charge is 0.481 e. The molecule has 11 nitrogen and oxygen atoms in total. The molecule has 0 aliphatic rings. The van der Waals surface area contributed by atoms with Gasteiger partial charge in [0.2, 0.25) is 5.91 Å². The summed E-state index contributed by atoms with van der Waals surface area (Å²) in [7, 11) is 0. The van der Waals surface area contributed by atoms with E-state index in [2.05, 4.69) is 5.32 Å². The van der Waals surface area contributed by atoms with Crippen LogP contribution in [0.15, 0.2) is 59.5 Å². The summed E-state index contributed by atoms with van der Waals surface area (Å²) in [4.78, 5) is 70.7. The van der Waals surface area contributed by atoms with E-state index in [1.165, 1.54) is 35.9 Å². The van der Waals surface area contributed by atoms with Gasteiger partial charge in [-0.25, -0.2) is 9.59 Å². The van der Waals surface area contributed by atoms with Gasteiger partial charge >= 0.3 is 24.1 Å². The molecule has 3 rings (SSSR count). The molecule has 0 fully saturated rings. The number of amides is 1. The van der Waals surface area contributed by atoms with Gasteiger partial charge < -0.3 is 24.8 Å². The molecule has 3 N–H and O–H groups in total. The number of nitrogens with zero attached hydrogens (tertiary/aromatic N) is 1. The number of ketones is 1. The minimum atomic E-state index is -5.08. The van der Waals surface area contributed by atoms with Gasteiger partial charge in [-0.15, -0.1) is 0 Å². The van der Waals surface area contributed by atoms with Crippen molar-refractivity contribution < 1.29 is 52.1 Å². The standard InChI is InChI=1S/C24H20Cl2N2O7.C2HF3O2/c1-13(28-10-9-14-5-2-3-6-15(14)23(28)33)22(32)27-18(11-20(30)31)19(29)12-35-24(34)21-16(25)7-4-8-17(21)26;3-2(4,5)1(6)7/h2-10,13,18H,11-12H2,1H3,(H,27,32)(H,30,31);(H,6,7). The number of fused-ring (bicyclic) bond motifs is 1. The zero-order valence-electron chi connectivity index (χ0n) is 21.4. The Morgan fingerprint density at radius 1 is 0.976 bits per heavy atom. The number of aromatic nitrogens is 1. The molecule has 2 unspecified atom stereocenters. The number of carboxylic acids is 2. The molecule has 1 aromatic heterocycles. The summed E-state index contributed by atoms with van der Waals surface area (Å²) in [6, 6.07) is 10.3. The number of alkyl halides is 3. The number of rotatable bonds is 9. The molecule has 3 aromatic rings. The number of benzene rings is 2. The minimum Gasteiger partial charge on any atom is -0.481 e. The van der Waals surface area contributed by atoms with E-state index < -0.39 is 66.4 Å². The van der Waals surface area contributed by atoms with Crippen molar-refractivity contribution in [1.82, 2.24) is 9.88 Å². The molecule has 0 radical (unpaired) electrons. The molecule has 224 valence electrons. The highest BCUT2D eigenvalue weighted by molar-refractivity contribution is 6.39. The van der Waals surface area contributed by atoms with Crippen LogP contribution >= 0.6 is 23.2 Å². The van der Waals surface area contributed by atoms with E-state index in [4.69, 9.17) is 37.8 Å². The molecular formula is C26H21Cl2F3N2O9. The summed E-state index contributed by atoms with van der Waals surface area (Å²) in [6.07, 6.45) is -4.40. The molecule has 0 bridgehead atoms. The lowest BCUT2D eigenvalue weighted by Gasteiger charge is -2.20. The van der Waals surface area contributed by atoms with Gasteiger partial charge in [0.15, 0.2) is 12.4 Å². The number of carbonyl (C=O) groups excluding carboxylic acids is 3. The van der Waals surface area contributed by atoms with E-state index in [9.17, 15) is 42.3 Å². The van der Waals surface area contributed by atoms with Crippen LogP contribution in [-0.2, 0) is 23.9 Å². The molecule has 2 atom stereocenters. The van der Waals surface area contributed by atoms with Crippen LogP contribution in [0.2, 0.25) is 10.0 Å². The minimum absolute atomic E-state index is 0.0139. The normalized spacial score (nSPS) is 12.3. The van der Waals surface area contributed by atoms with Gasteiger partial charge in [-0.3, -0.25) is 19.2 Å². The van der Waals surface area contributed by atoms with Crippen LogP contribution in [0.3, 0.4) is 0 Å². The van der Waals surface area contributed by atoms with Crippen LogP contribution in [0.1, 0.15) is 29.7 Å². The highest BCUT2D eigenvalue weighted by atomic mass is 35.5. The van der Waals surface area contributed by atoms with Crippen molar-refractivity contribution in [2.75, 3.05) is 6.61 Å². The van der Waals surface area contributed by atoms with Crippen molar-refractivity contribution in [2.24, 2.45) is 0 Å². The van der Waals surface area contributed by atoms with Gasteiger partial charge in [-0.05, 0) is 36.6 Å². The first-order valence-corrected chi connectivity index (χ1v) is 12.4. The van der Waals surface area contributed by atoms with E-state index in [0.717, 1.165) is 0 Å². The van der Waals surface area contributed by atoms with Crippen LogP contribution in [-0.4, -0.2) is 63.2 Å². The third kappa shape index (κ3) is 9.04. The maximum atomic E-state index is 12.8. The first-order valence-electron chi connectivity index (χ1n) is 11.6. The Labute approximate surface area is 244 Å². The van der Waals surface area contributed by atoms with Crippen LogP contribution in [0, 0.1) is 0 Å². The number of hydrogen-bond acceptors (Lipinski definition) is 7. The average Bonchev–Trinajstić information content (AvgIpc) is 2.90. The van der Waals surface area contributed by atoms with Gasteiger partial charge in [-0.1, -0.05) is 47.5 Å². The molecule has 42 heavy (non-hydrogen) atoms. The van der Waals surface area contributed by atoms with Crippen molar-refractivity contribution in [3.8, 4) is 0 Å². The van der Waals surface area contributed by atoms with Crippen molar-refractivity contribution in [2.45, 2.75) is 31.6 Å². The number of hydrogen-bond donors (Lipinski definition) is 3. The molecule has 2 aromatic carbocycles. The van der Waals surface area contributed by atoms with E-state index in [-0.39, 0.29) is 15.6 Å². The van der Waals surface area contributed by atoms with Crippen molar-refractivity contribution >= 4 is 63.6 Å². The highest BCUT2D eigenvalue weighted by Gasteiger charge is 2.38. The SMILES string of the molecule is CC(C(=O)NC(CC(=O)O)C(=O)COC(=O)c1c(Cl)cccc1Cl)n1ccc2ccccc2c1=O.O=C(O)C(F)(F)F. The van der Waals surface area contributed by atoms with Gasteiger partial charge in [0, 0.05) is 11.6 Å². The molecular weight excluding hydrogens is 612 g/mol. The zero-order chi connectivity index (χ0) is 31.8. The van der Waals surface area contributed by atoms with Crippen molar-refractivity contribution in [1.29, 1.82) is 0 Å². The summed E-state index contributed by atoms with van der Waals surface area (Å²) in [6.45, 7) is 0.607. The summed E-state index contributed by atoms with van der Waals surface area (Å²) in [5.41, 5.74) is -0.566. The molecule has 1 heterocycles. The van der Waals surface area contributed by atoms with Crippen LogP contribution in [0.5, 0.6) is 0 Å². The second-order valence-electron chi connectivity index (χ2n) is 8.39. The number of ether oxygens (including phenoxy) is 1. The Morgan fingerprint density at radius 3 is 2.10 bits per heavy atom. The Bertz CT molecular complexity index is 1550. The fourth-order valence-electron chi connectivity index (χ4n) is 3.35. The number of esters is 1. The molecule has 0 saturated carbocycles. The monoisotopic (exact) mass is 632 g/mol. The molecule has 16 heteroatoms. The van der Waals surface area contributed by atoms with E-state index in [1.807, 2.05) is 0 Å². The number of halogens is 5. The topological polar surface area (TPSA) is 169 Å². The Balaban J connectivity index is 0.000000782. The van der Waals surface area contributed by atoms with E-state index in [1.54, 1.807) is 30.3 Å². The van der Waals surface area contributed by atoms with Gasteiger partial charge in [0.25, 0.3) is 5.56 Å². The Hall–Kier alpha value is -4.43. The Kier molecular flexibility index (Phi) is 11.6. The summed E-state index contributed by atoms with van der Waals surface area (Å²) < 4.78 is 37.9. The lowest BCUT2D eigenvalue weighted by molar-refractivity contribution is -0.192. The largest absolute Gasteiger partial charge is 0.490 e. The first kappa shape index (κ1) is 33.8. The van der Waals surface area contributed by atoms with Crippen LogP contribution in [0.4, 0.5) is 13.2 Å². The average molecular weight is 633 g/mol. The predicted molar refractivity (Wildman–Crippen MR) is 143 cm³/mol. The second kappa shape index (κ2) is 14.5. The zero-order valence-corrected chi connectivity index (χ0v) is 22.9. The summed E-state index contributed by atoms with van der Waals surface area (Å²) >= 11 is 11.9. The second-order valence-corrected chi connectivity index (χ2v) is 9.21. The molecule has 0 aliphatic carbocycles.